The summed E-state index contributed by atoms with van der Waals surface area (Å²) in [5.41, 5.74) is 2.53. The molecule has 7 nitrogen and oxygen atoms in total. The Morgan fingerprint density at radius 1 is 1.00 bits per heavy atom. The van der Waals surface area contributed by atoms with Crippen molar-refractivity contribution in [2.45, 2.75) is 13.5 Å². The predicted octanol–water partition coefficient (Wildman–Crippen LogP) is 0.911. The Morgan fingerprint density at radius 3 is 2.44 bits per heavy atom. The van der Waals surface area contributed by atoms with Crippen LogP contribution in [0, 0.1) is 0 Å². The number of morpholine rings is 2. The largest absolute Gasteiger partial charge is 0.379 e. The van der Waals surface area contributed by atoms with E-state index >= 15 is 0 Å². The van der Waals surface area contributed by atoms with Crippen molar-refractivity contribution in [2.24, 2.45) is 4.99 Å². The van der Waals surface area contributed by atoms with E-state index in [1.54, 1.807) is 0 Å². The summed E-state index contributed by atoms with van der Waals surface area (Å²) in [6.45, 7) is 12.7. The molecule has 0 bridgehead atoms. The van der Waals surface area contributed by atoms with Crippen LogP contribution in [-0.2, 0) is 16.0 Å². The van der Waals surface area contributed by atoms with E-state index in [9.17, 15) is 0 Å². The summed E-state index contributed by atoms with van der Waals surface area (Å²) in [6, 6.07) is 8.55. The van der Waals surface area contributed by atoms with E-state index in [4.69, 9.17) is 14.5 Å². The lowest BCUT2D eigenvalue weighted by Crippen LogP contribution is -2.44. The normalized spacial score (nSPS) is 19.1. The maximum atomic E-state index is 5.48. The third-order valence-electron chi connectivity index (χ3n) is 4.92. The van der Waals surface area contributed by atoms with Crippen LogP contribution in [0.2, 0.25) is 0 Å². The Kier molecular flexibility index (Phi) is 8.20. The highest BCUT2D eigenvalue weighted by Crippen LogP contribution is 2.22. The number of ether oxygens (including phenoxy) is 2. The van der Waals surface area contributed by atoms with Gasteiger partial charge in [-0.1, -0.05) is 18.2 Å². The van der Waals surface area contributed by atoms with Crippen LogP contribution in [-0.4, -0.2) is 83.1 Å². The van der Waals surface area contributed by atoms with Crippen molar-refractivity contribution in [1.82, 2.24) is 15.5 Å². The van der Waals surface area contributed by atoms with E-state index in [-0.39, 0.29) is 0 Å². The Balaban J connectivity index is 1.56. The number of hydrogen-bond acceptors (Lipinski definition) is 5. The molecule has 0 saturated carbocycles. The first-order chi connectivity index (χ1) is 13.4. The zero-order valence-electron chi connectivity index (χ0n) is 16.5. The first kappa shape index (κ1) is 19.9. The summed E-state index contributed by atoms with van der Waals surface area (Å²) in [5, 5.41) is 6.81. The number of guanidine groups is 1. The van der Waals surface area contributed by atoms with Gasteiger partial charge in [-0.25, -0.2) is 4.99 Å². The van der Waals surface area contributed by atoms with Gasteiger partial charge >= 0.3 is 0 Å². The lowest BCUT2D eigenvalue weighted by atomic mass is 10.1. The molecule has 0 amide bonds. The van der Waals surface area contributed by atoms with E-state index in [1.807, 2.05) is 0 Å². The molecule has 2 N–H and O–H groups in total. The fourth-order valence-corrected chi connectivity index (χ4v) is 3.42. The number of para-hydroxylation sites is 1. The minimum Gasteiger partial charge on any atom is -0.379 e. The number of rotatable bonds is 7. The van der Waals surface area contributed by atoms with Gasteiger partial charge in [0.1, 0.15) is 0 Å². The monoisotopic (exact) mass is 375 g/mol. The molecule has 0 radical (unpaired) electrons. The van der Waals surface area contributed by atoms with Crippen LogP contribution in [0.3, 0.4) is 0 Å². The second-order valence-corrected chi connectivity index (χ2v) is 6.80. The van der Waals surface area contributed by atoms with Crippen molar-refractivity contribution >= 4 is 11.6 Å². The molecule has 2 aliphatic rings. The average Bonchev–Trinajstić information content (AvgIpc) is 2.74. The molecule has 0 aliphatic carbocycles. The van der Waals surface area contributed by atoms with Crippen LogP contribution in [0.1, 0.15) is 12.5 Å². The molecule has 2 heterocycles. The molecule has 27 heavy (non-hydrogen) atoms. The molecule has 0 spiro atoms. The second kappa shape index (κ2) is 11.1. The number of nitrogens with one attached hydrogen (secondary N) is 2. The van der Waals surface area contributed by atoms with Gasteiger partial charge in [0.05, 0.1) is 33.0 Å². The molecular weight excluding hydrogens is 342 g/mol. The smallest absolute Gasteiger partial charge is 0.191 e. The number of aliphatic imine (C=N–C) groups is 1. The third kappa shape index (κ3) is 6.37. The highest BCUT2D eigenvalue weighted by molar-refractivity contribution is 5.79. The van der Waals surface area contributed by atoms with Gasteiger partial charge < -0.3 is 25.0 Å². The van der Waals surface area contributed by atoms with E-state index in [0.29, 0.717) is 6.54 Å². The van der Waals surface area contributed by atoms with Gasteiger partial charge in [-0.05, 0) is 18.6 Å². The van der Waals surface area contributed by atoms with E-state index in [2.05, 4.69) is 51.6 Å². The van der Waals surface area contributed by atoms with E-state index in [1.165, 1.54) is 11.3 Å². The van der Waals surface area contributed by atoms with Crippen LogP contribution in [0.15, 0.2) is 29.3 Å². The molecule has 3 rings (SSSR count). The average molecular weight is 376 g/mol. The summed E-state index contributed by atoms with van der Waals surface area (Å²) in [4.78, 5) is 9.64. The van der Waals surface area contributed by atoms with Crippen molar-refractivity contribution < 1.29 is 9.47 Å². The lowest BCUT2D eigenvalue weighted by Gasteiger charge is -2.30. The maximum absolute atomic E-state index is 5.48. The van der Waals surface area contributed by atoms with Crippen molar-refractivity contribution in [3.05, 3.63) is 29.8 Å². The Bertz CT molecular complexity index is 583. The number of anilines is 1. The highest BCUT2D eigenvalue weighted by Gasteiger charge is 2.14. The summed E-state index contributed by atoms with van der Waals surface area (Å²) in [6.07, 6.45) is 0. The van der Waals surface area contributed by atoms with Gasteiger partial charge in [0.15, 0.2) is 5.96 Å². The molecule has 0 atom stereocenters. The predicted molar refractivity (Wildman–Crippen MR) is 110 cm³/mol. The molecule has 0 unspecified atom stereocenters. The maximum Gasteiger partial charge on any atom is 0.191 e. The first-order valence-electron chi connectivity index (χ1n) is 10.1. The molecule has 0 aromatic heterocycles. The van der Waals surface area contributed by atoms with Gasteiger partial charge in [-0.3, -0.25) is 4.90 Å². The van der Waals surface area contributed by atoms with Gasteiger partial charge in [0, 0.05) is 51.5 Å². The first-order valence-corrected chi connectivity index (χ1v) is 10.1. The van der Waals surface area contributed by atoms with Crippen LogP contribution >= 0.6 is 0 Å². The summed E-state index contributed by atoms with van der Waals surface area (Å²) < 4.78 is 10.9. The minimum atomic E-state index is 0.667. The fraction of sp³-hybridized carbons (Fsp3) is 0.650. The topological polar surface area (TPSA) is 61.4 Å². The zero-order valence-corrected chi connectivity index (χ0v) is 16.5. The van der Waals surface area contributed by atoms with Gasteiger partial charge in [-0.15, -0.1) is 0 Å². The lowest BCUT2D eigenvalue weighted by molar-refractivity contribution is 0.0389. The molecule has 2 saturated heterocycles. The van der Waals surface area contributed by atoms with Crippen LogP contribution in [0.25, 0.3) is 0 Å². The Morgan fingerprint density at radius 2 is 1.70 bits per heavy atom. The van der Waals surface area contributed by atoms with Crippen molar-refractivity contribution in [3.8, 4) is 0 Å². The Hall–Kier alpha value is -1.83. The SMILES string of the molecule is CCNC(=NCc1ccccc1N1CCOCC1)NCCN1CCOCC1. The van der Waals surface area contributed by atoms with Crippen LogP contribution in [0.4, 0.5) is 5.69 Å². The van der Waals surface area contributed by atoms with Crippen molar-refractivity contribution in [2.75, 3.05) is 77.1 Å². The molecule has 7 heteroatoms. The standard InChI is InChI=1S/C20H33N5O2/c1-2-21-20(22-7-8-24-9-13-26-14-10-24)23-17-18-5-3-4-6-19(18)25-11-15-27-16-12-25/h3-6H,2,7-17H2,1H3,(H2,21,22,23). The number of benzene rings is 1. The van der Waals surface area contributed by atoms with E-state index < -0.39 is 0 Å². The number of nitrogens with zero attached hydrogens (tertiary/aromatic N) is 3. The Labute approximate surface area is 162 Å². The zero-order chi connectivity index (χ0) is 18.7. The van der Waals surface area contributed by atoms with Crippen LogP contribution < -0.4 is 15.5 Å². The van der Waals surface area contributed by atoms with Crippen LogP contribution in [0.5, 0.6) is 0 Å². The van der Waals surface area contributed by atoms with Gasteiger partial charge in [0.25, 0.3) is 0 Å². The molecule has 1 aromatic rings. The molecule has 150 valence electrons. The summed E-state index contributed by atoms with van der Waals surface area (Å²) in [7, 11) is 0. The molecule has 1 aromatic carbocycles. The fourth-order valence-electron chi connectivity index (χ4n) is 3.42. The molecule has 2 fully saturated rings. The second-order valence-electron chi connectivity index (χ2n) is 6.80. The number of hydrogen-bond donors (Lipinski definition) is 2. The van der Waals surface area contributed by atoms with E-state index in [0.717, 1.165) is 78.2 Å². The molecular formula is C20H33N5O2. The third-order valence-corrected chi connectivity index (χ3v) is 4.92. The van der Waals surface area contributed by atoms with Gasteiger partial charge in [-0.2, -0.15) is 0 Å². The minimum absolute atomic E-state index is 0.667. The van der Waals surface area contributed by atoms with Crippen molar-refractivity contribution in [3.63, 3.8) is 0 Å². The summed E-state index contributed by atoms with van der Waals surface area (Å²) in [5.74, 6) is 0.877. The van der Waals surface area contributed by atoms with Gasteiger partial charge in [0.2, 0.25) is 0 Å². The molecule has 2 aliphatic heterocycles. The highest BCUT2D eigenvalue weighted by atomic mass is 16.5. The van der Waals surface area contributed by atoms with Crippen molar-refractivity contribution in [1.29, 1.82) is 0 Å². The quantitative estimate of drug-likeness (QED) is 0.546. The summed E-state index contributed by atoms with van der Waals surface area (Å²) >= 11 is 0.